The fraction of sp³-hybridized carbons (Fsp3) is 0.400. The predicted molar refractivity (Wildman–Crippen MR) is 84.8 cm³/mol. The zero-order valence-corrected chi connectivity index (χ0v) is 13.6. The summed E-state index contributed by atoms with van der Waals surface area (Å²) in [6.45, 7) is 8.05. The van der Waals surface area contributed by atoms with Crippen molar-refractivity contribution in [3.8, 4) is 0 Å². The van der Waals surface area contributed by atoms with Crippen LogP contribution < -0.4 is 4.90 Å². The van der Waals surface area contributed by atoms with Gasteiger partial charge in [0, 0.05) is 37.5 Å². The number of aromatic nitrogens is 3. The van der Waals surface area contributed by atoms with E-state index in [0.717, 1.165) is 29.3 Å². The minimum atomic E-state index is 0.311. The van der Waals surface area contributed by atoms with Crippen LogP contribution in [-0.4, -0.2) is 21.5 Å². The molecule has 0 aliphatic rings. The third-order valence-electron chi connectivity index (χ3n) is 3.04. The summed E-state index contributed by atoms with van der Waals surface area (Å²) in [6, 6.07) is 6.03. The van der Waals surface area contributed by atoms with Crippen LogP contribution in [0.2, 0.25) is 0 Å². The summed E-state index contributed by atoms with van der Waals surface area (Å²) in [5.41, 5.74) is 1.22. The van der Waals surface area contributed by atoms with Crippen molar-refractivity contribution in [2.45, 2.75) is 33.2 Å². The largest absolute Gasteiger partial charge is 0.352 e. The lowest BCUT2D eigenvalue weighted by Gasteiger charge is -2.23. The average Bonchev–Trinajstić information content (AvgIpc) is 2.45. The number of hydrogen-bond acceptors (Lipinski definition) is 4. The average molecular weight is 335 g/mol. The third kappa shape index (κ3) is 3.76. The highest BCUT2D eigenvalue weighted by Gasteiger charge is 2.12. The molecular formula is C15H19BrN4. The van der Waals surface area contributed by atoms with Crippen molar-refractivity contribution in [2.75, 3.05) is 11.4 Å². The highest BCUT2D eigenvalue weighted by Crippen LogP contribution is 2.21. The van der Waals surface area contributed by atoms with E-state index < -0.39 is 0 Å². The maximum Gasteiger partial charge on any atom is 0.134 e. The van der Waals surface area contributed by atoms with E-state index in [1.165, 1.54) is 5.56 Å². The zero-order valence-electron chi connectivity index (χ0n) is 12.0. The molecule has 4 nitrogen and oxygen atoms in total. The molecule has 0 spiro atoms. The summed E-state index contributed by atoms with van der Waals surface area (Å²) in [5.74, 6) is 2.13. The Hall–Kier alpha value is -1.49. The Morgan fingerprint density at radius 1 is 1.20 bits per heavy atom. The van der Waals surface area contributed by atoms with Gasteiger partial charge >= 0.3 is 0 Å². The Morgan fingerprint density at radius 2 is 1.90 bits per heavy atom. The molecule has 5 heteroatoms. The van der Waals surface area contributed by atoms with E-state index >= 15 is 0 Å². The fourth-order valence-corrected chi connectivity index (χ4v) is 2.29. The summed E-state index contributed by atoms with van der Waals surface area (Å²) in [5, 5.41) is 0. The van der Waals surface area contributed by atoms with E-state index in [1.807, 2.05) is 30.6 Å². The minimum Gasteiger partial charge on any atom is -0.352 e. The van der Waals surface area contributed by atoms with Gasteiger partial charge in [-0.25, -0.2) is 9.97 Å². The summed E-state index contributed by atoms with van der Waals surface area (Å²) in [7, 11) is 0. The Bertz CT molecular complexity index is 557. The molecule has 2 aromatic heterocycles. The number of halogens is 1. The Morgan fingerprint density at radius 3 is 2.50 bits per heavy atom. The van der Waals surface area contributed by atoms with Gasteiger partial charge in [0.25, 0.3) is 0 Å². The van der Waals surface area contributed by atoms with Gasteiger partial charge < -0.3 is 4.90 Å². The first-order chi connectivity index (χ1) is 9.60. The molecule has 106 valence electrons. The van der Waals surface area contributed by atoms with Crippen molar-refractivity contribution < 1.29 is 0 Å². The number of anilines is 1. The van der Waals surface area contributed by atoms with Crippen molar-refractivity contribution in [3.63, 3.8) is 0 Å². The summed E-state index contributed by atoms with van der Waals surface area (Å²) < 4.78 is 0.833. The molecule has 0 fully saturated rings. The van der Waals surface area contributed by atoms with Crippen LogP contribution in [-0.2, 0) is 6.54 Å². The van der Waals surface area contributed by atoms with Gasteiger partial charge in [-0.3, -0.25) is 4.98 Å². The predicted octanol–water partition coefficient (Wildman–Crippen LogP) is 3.78. The molecule has 0 atom stereocenters. The van der Waals surface area contributed by atoms with E-state index in [2.05, 4.69) is 56.6 Å². The van der Waals surface area contributed by atoms with E-state index in [9.17, 15) is 0 Å². The molecule has 0 aliphatic heterocycles. The quantitative estimate of drug-likeness (QED) is 0.780. The first-order valence-electron chi connectivity index (χ1n) is 6.78. The van der Waals surface area contributed by atoms with Crippen molar-refractivity contribution in [1.29, 1.82) is 0 Å². The first-order valence-corrected chi connectivity index (χ1v) is 7.57. The van der Waals surface area contributed by atoms with Crippen molar-refractivity contribution in [1.82, 2.24) is 15.0 Å². The number of nitrogens with zero attached hydrogens (tertiary/aromatic N) is 4. The molecule has 0 N–H and O–H groups in total. The first kappa shape index (κ1) is 14.9. The zero-order chi connectivity index (χ0) is 14.5. The van der Waals surface area contributed by atoms with Gasteiger partial charge in [-0.15, -0.1) is 0 Å². The van der Waals surface area contributed by atoms with E-state index in [-0.39, 0.29) is 0 Å². The highest BCUT2D eigenvalue weighted by atomic mass is 79.9. The van der Waals surface area contributed by atoms with E-state index in [0.29, 0.717) is 5.92 Å². The molecule has 2 rings (SSSR count). The molecule has 0 aliphatic carbocycles. The molecule has 2 aromatic rings. The van der Waals surface area contributed by atoms with Gasteiger partial charge in [-0.05, 0) is 40.5 Å². The normalized spacial score (nSPS) is 10.8. The SMILES string of the molecule is CCN(Cc1ccncc1)c1cc(Br)nc(C(C)C)n1. The van der Waals surface area contributed by atoms with Crippen LogP contribution in [0.3, 0.4) is 0 Å². The lowest BCUT2D eigenvalue weighted by molar-refractivity contribution is 0.743. The molecule has 0 aromatic carbocycles. The van der Waals surface area contributed by atoms with Crippen LogP contribution in [0.15, 0.2) is 35.2 Å². The molecular weight excluding hydrogens is 316 g/mol. The minimum absolute atomic E-state index is 0.311. The topological polar surface area (TPSA) is 41.9 Å². The summed E-state index contributed by atoms with van der Waals surface area (Å²) in [4.78, 5) is 15.4. The molecule has 0 saturated carbocycles. The molecule has 0 unspecified atom stereocenters. The second-order valence-electron chi connectivity index (χ2n) is 4.93. The molecule has 0 amide bonds. The summed E-state index contributed by atoms with van der Waals surface area (Å²) in [6.07, 6.45) is 3.64. The third-order valence-corrected chi connectivity index (χ3v) is 3.45. The number of hydrogen-bond donors (Lipinski definition) is 0. The summed E-state index contributed by atoms with van der Waals surface area (Å²) >= 11 is 3.48. The maximum atomic E-state index is 4.67. The van der Waals surface area contributed by atoms with Crippen LogP contribution >= 0.6 is 15.9 Å². The second kappa shape index (κ2) is 6.79. The highest BCUT2D eigenvalue weighted by molar-refractivity contribution is 9.10. The Labute approximate surface area is 128 Å². The number of pyridine rings is 1. The van der Waals surface area contributed by atoms with Crippen LogP contribution in [0.5, 0.6) is 0 Å². The molecule has 0 bridgehead atoms. The van der Waals surface area contributed by atoms with Crippen molar-refractivity contribution in [2.24, 2.45) is 0 Å². The Kier molecular flexibility index (Phi) is 5.06. The number of rotatable bonds is 5. The van der Waals surface area contributed by atoms with Gasteiger partial charge in [0.2, 0.25) is 0 Å². The molecule has 20 heavy (non-hydrogen) atoms. The van der Waals surface area contributed by atoms with Crippen molar-refractivity contribution >= 4 is 21.7 Å². The smallest absolute Gasteiger partial charge is 0.134 e. The molecule has 2 heterocycles. The van der Waals surface area contributed by atoms with Gasteiger partial charge in [0.1, 0.15) is 16.2 Å². The van der Waals surface area contributed by atoms with Crippen LogP contribution in [0.25, 0.3) is 0 Å². The molecule has 0 saturated heterocycles. The second-order valence-corrected chi connectivity index (χ2v) is 5.74. The molecule has 0 radical (unpaired) electrons. The Balaban J connectivity index is 2.27. The van der Waals surface area contributed by atoms with E-state index in [4.69, 9.17) is 0 Å². The van der Waals surface area contributed by atoms with Gasteiger partial charge in [-0.1, -0.05) is 13.8 Å². The standard InChI is InChI=1S/C15H19BrN4/c1-4-20(10-12-5-7-17-8-6-12)14-9-13(16)18-15(19-14)11(2)3/h5-9,11H,4,10H2,1-3H3. The lowest BCUT2D eigenvalue weighted by atomic mass is 10.2. The van der Waals surface area contributed by atoms with Crippen LogP contribution in [0, 0.1) is 0 Å². The van der Waals surface area contributed by atoms with Crippen molar-refractivity contribution in [3.05, 3.63) is 46.6 Å². The van der Waals surface area contributed by atoms with Crippen LogP contribution in [0.4, 0.5) is 5.82 Å². The van der Waals surface area contributed by atoms with Gasteiger partial charge in [-0.2, -0.15) is 0 Å². The van der Waals surface area contributed by atoms with Gasteiger partial charge in [0.05, 0.1) is 0 Å². The fourth-order valence-electron chi connectivity index (χ4n) is 1.91. The van der Waals surface area contributed by atoms with E-state index in [1.54, 1.807) is 0 Å². The van der Waals surface area contributed by atoms with Crippen LogP contribution in [0.1, 0.15) is 38.1 Å². The lowest BCUT2D eigenvalue weighted by Crippen LogP contribution is -2.24. The monoisotopic (exact) mass is 334 g/mol. The maximum absolute atomic E-state index is 4.67. The van der Waals surface area contributed by atoms with Gasteiger partial charge in [0.15, 0.2) is 0 Å².